The van der Waals surface area contributed by atoms with E-state index in [0.717, 1.165) is 37.1 Å². The number of nitrogens with two attached hydrogens (primary N) is 1. The fourth-order valence-corrected chi connectivity index (χ4v) is 2.64. The van der Waals surface area contributed by atoms with E-state index in [4.69, 9.17) is 10.9 Å². The van der Waals surface area contributed by atoms with Gasteiger partial charge < -0.3 is 16.3 Å². The molecule has 2 fully saturated rings. The topological polar surface area (TPSA) is 70.6 Å². The van der Waals surface area contributed by atoms with Crippen LogP contribution in [0.15, 0.2) is 5.16 Å². The Morgan fingerprint density at radius 2 is 1.88 bits per heavy atom. The van der Waals surface area contributed by atoms with E-state index < -0.39 is 0 Å². The number of hydrogen-bond acceptors (Lipinski definition) is 3. The molecule has 0 amide bonds. The molecule has 2 saturated carbocycles. The fourth-order valence-electron chi connectivity index (χ4n) is 2.64. The van der Waals surface area contributed by atoms with Crippen LogP contribution in [-0.2, 0) is 0 Å². The molecule has 2 rings (SSSR count). The summed E-state index contributed by atoms with van der Waals surface area (Å²) in [6.07, 6.45) is 8.67. The van der Waals surface area contributed by atoms with Gasteiger partial charge in [-0.25, -0.2) is 0 Å². The van der Waals surface area contributed by atoms with Crippen molar-refractivity contribution in [3.8, 4) is 0 Å². The van der Waals surface area contributed by atoms with Crippen LogP contribution in [0.1, 0.15) is 44.9 Å². The van der Waals surface area contributed by atoms with Gasteiger partial charge in [-0.15, -0.1) is 0 Å². The number of nitrogens with one attached hydrogen (secondary N) is 1. The molecule has 98 valence electrons. The molecule has 0 atom stereocenters. The first-order chi connectivity index (χ1) is 8.31. The Morgan fingerprint density at radius 3 is 2.41 bits per heavy atom. The van der Waals surface area contributed by atoms with E-state index in [-0.39, 0.29) is 0 Å². The number of amidine groups is 1. The molecule has 0 aromatic rings. The number of nitrogens with zero attached hydrogens (tertiary/aromatic N) is 1. The predicted molar refractivity (Wildman–Crippen MR) is 69.1 cm³/mol. The highest BCUT2D eigenvalue weighted by molar-refractivity contribution is 5.79. The van der Waals surface area contributed by atoms with Gasteiger partial charge in [0.25, 0.3) is 0 Å². The Balaban J connectivity index is 1.47. The highest BCUT2D eigenvalue weighted by Crippen LogP contribution is 2.48. The number of oxime groups is 1. The van der Waals surface area contributed by atoms with Crippen molar-refractivity contribution in [2.24, 2.45) is 28.6 Å². The standard InChI is InChI=1S/C13H25N3O/c14-13(16-17)3-1-2-8-15-9-12(10-4-5-10)11-6-7-11/h10-12,15,17H,1-9H2,(H2,14,16). The SMILES string of the molecule is NC(CCCCNCC(C1CC1)C1CC1)=NO. The first kappa shape index (κ1) is 12.7. The van der Waals surface area contributed by atoms with E-state index in [2.05, 4.69) is 10.5 Å². The number of hydrogen-bond donors (Lipinski definition) is 3. The van der Waals surface area contributed by atoms with Gasteiger partial charge in [0.1, 0.15) is 5.84 Å². The maximum atomic E-state index is 8.39. The molecule has 0 aromatic heterocycles. The average molecular weight is 239 g/mol. The summed E-state index contributed by atoms with van der Waals surface area (Å²) in [5.41, 5.74) is 5.41. The van der Waals surface area contributed by atoms with Gasteiger partial charge in [-0.05, 0) is 69.4 Å². The zero-order valence-corrected chi connectivity index (χ0v) is 10.6. The number of unbranched alkanes of at least 4 members (excludes halogenated alkanes) is 1. The van der Waals surface area contributed by atoms with Crippen LogP contribution in [0.25, 0.3) is 0 Å². The van der Waals surface area contributed by atoms with Crippen LogP contribution in [0.3, 0.4) is 0 Å². The number of rotatable bonds is 9. The van der Waals surface area contributed by atoms with Gasteiger partial charge in [-0.1, -0.05) is 5.16 Å². The second kappa shape index (κ2) is 6.24. The molecular weight excluding hydrogens is 214 g/mol. The lowest BCUT2D eigenvalue weighted by molar-refractivity contribution is 0.316. The van der Waals surface area contributed by atoms with Gasteiger partial charge in [0, 0.05) is 6.42 Å². The van der Waals surface area contributed by atoms with Crippen LogP contribution in [-0.4, -0.2) is 24.1 Å². The Labute approximate surface area is 104 Å². The summed E-state index contributed by atoms with van der Waals surface area (Å²) in [6, 6.07) is 0. The van der Waals surface area contributed by atoms with Crippen molar-refractivity contribution in [2.45, 2.75) is 44.9 Å². The van der Waals surface area contributed by atoms with E-state index >= 15 is 0 Å². The van der Waals surface area contributed by atoms with Crippen LogP contribution < -0.4 is 11.1 Å². The Kier molecular flexibility index (Phi) is 4.66. The van der Waals surface area contributed by atoms with E-state index in [0.29, 0.717) is 12.3 Å². The summed E-state index contributed by atoms with van der Waals surface area (Å²) in [5, 5.41) is 14.9. The molecule has 0 saturated heterocycles. The van der Waals surface area contributed by atoms with Crippen molar-refractivity contribution >= 4 is 5.84 Å². The third-order valence-corrected chi connectivity index (χ3v) is 4.00. The minimum atomic E-state index is 0.346. The van der Waals surface area contributed by atoms with E-state index in [1.807, 2.05) is 0 Å². The first-order valence-electron chi connectivity index (χ1n) is 6.98. The molecule has 2 aliphatic carbocycles. The van der Waals surface area contributed by atoms with E-state index in [1.54, 1.807) is 0 Å². The average Bonchev–Trinajstić information content (AvgIpc) is 3.18. The molecule has 17 heavy (non-hydrogen) atoms. The first-order valence-corrected chi connectivity index (χ1v) is 6.98. The minimum absolute atomic E-state index is 0.346. The smallest absolute Gasteiger partial charge is 0.139 e. The molecule has 0 heterocycles. The van der Waals surface area contributed by atoms with Gasteiger partial charge >= 0.3 is 0 Å². The normalized spacial score (nSPS) is 21.1. The summed E-state index contributed by atoms with van der Waals surface area (Å²) >= 11 is 0. The molecule has 0 unspecified atom stereocenters. The van der Waals surface area contributed by atoms with Gasteiger partial charge in [-0.2, -0.15) is 0 Å². The highest BCUT2D eigenvalue weighted by Gasteiger charge is 2.40. The lowest BCUT2D eigenvalue weighted by Crippen LogP contribution is -2.26. The van der Waals surface area contributed by atoms with Crippen molar-refractivity contribution < 1.29 is 5.21 Å². The lowest BCUT2D eigenvalue weighted by atomic mass is 9.98. The Hall–Kier alpha value is -0.770. The van der Waals surface area contributed by atoms with E-state index in [1.165, 1.54) is 32.2 Å². The molecule has 0 spiro atoms. The maximum Gasteiger partial charge on any atom is 0.139 e. The third kappa shape index (κ3) is 4.54. The van der Waals surface area contributed by atoms with Gasteiger partial charge in [-0.3, -0.25) is 0 Å². The molecule has 4 heteroatoms. The zero-order valence-electron chi connectivity index (χ0n) is 10.6. The summed E-state index contributed by atoms with van der Waals surface area (Å²) in [5.74, 6) is 3.37. The summed E-state index contributed by atoms with van der Waals surface area (Å²) in [4.78, 5) is 0. The zero-order chi connectivity index (χ0) is 12.1. The van der Waals surface area contributed by atoms with Crippen LogP contribution >= 0.6 is 0 Å². The van der Waals surface area contributed by atoms with Crippen molar-refractivity contribution in [2.75, 3.05) is 13.1 Å². The third-order valence-electron chi connectivity index (χ3n) is 4.00. The molecule has 0 radical (unpaired) electrons. The van der Waals surface area contributed by atoms with Crippen LogP contribution in [0.2, 0.25) is 0 Å². The molecule has 0 aliphatic heterocycles. The molecule has 0 aromatic carbocycles. The minimum Gasteiger partial charge on any atom is -0.409 e. The quantitative estimate of drug-likeness (QED) is 0.189. The van der Waals surface area contributed by atoms with Crippen molar-refractivity contribution in [1.82, 2.24) is 5.32 Å². The Morgan fingerprint density at radius 1 is 1.24 bits per heavy atom. The van der Waals surface area contributed by atoms with Crippen molar-refractivity contribution in [3.63, 3.8) is 0 Å². The monoisotopic (exact) mass is 239 g/mol. The van der Waals surface area contributed by atoms with Gasteiger partial charge in [0.2, 0.25) is 0 Å². The molecule has 4 nitrogen and oxygen atoms in total. The van der Waals surface area contributed by atoms with Crippen LogP contribution in [0.4, 0.5) is 0 Å². The fraction of sp³-hybridized carbons (Fsp3) is 0.923. The summed E-state index contributed by atoms with van der Waals surface area (Å²) in [7, 11) is 0. The second-order valence-electron chi connectivity index (χ2n) is 5.59. The van der Waals surface area contributed by atoms with Crippen molar-refractivity contribution in [1.29, 1.82) is 0 Å². The summed E-state index contributed by atoms with van der Waals surface area (Å²) in [6.45, 7) is 2.27. The molecule has 4 N–H and O–H groups in total. The van der Waals surface area contributed by atoms with E-state index in [9.17, 15) is 0 Å². The molecule has 2 aliphatic rings. The van der Waals surface area contributed by atoms with Crippen molar-refractivity contribution in [3.05, 3.63) is 0 Å². The molecule has 0 bridgehead atoms. The van der Waals surface area contributed by atoms with Gasteiger partial charge in [0.05, 0.1) is 0 Å². The summed E-state index contributed by atoms with van der Waals surface area (Å²) < 4.78 is 0. The Bertz CT molecular complexity index is 247. The second-order valence-corrected chi connectivity index (χ2v) is 5.59. The van der Waals surface area contributed by atoms with Crippen LogP contribution in [0.5, 0.6) is 0 Å². The predicted octanol–water partition coefficient (Wildman–Crippen LogP) is 1.93. The molecular formula is C13H25N3O. The van der Waals surface area contributed by atoms with Gasteiger partial charge in [0.15, 0.2) is 0 Å². The lowest BCUT2D eigenvalue weighted by Gasteiger charge is -2.16. The highest BCUT2D eigenvalue weighted by atomic mass is 16.4. The largest absolute Gasteiger partial charge is 0.409 e. The van der Waals surface area contributed by atoms with Crippen LogP contribution in [0, 0.1) is 17.8 Å². The maximum absolute atomic E-state index is 8.39.